The van der Waals surface area contributed by atoms with E-state index in [2.05, 4.69) is 15.3 Å². The summed E-state index contributed by atoms with van der Waals surface area (Å²) < 4.78 is 5.35. The zero-order chi connectivity index (χ0) is 16.2. The van der Waals surface area contributed by atoms with Gasteiger partial charge in [-0.15, -0.1) is 0 Å². The summed E-state index contributed by atoms with van der Waals surface area (Å²) in [6.45, 7) is 0. The van der Waals surface area contributed by atoms with E-state index in [0.29, 0.717) is 11.0 Å². The Hall–Kier alpha value is -3.48. The van der Waals surface area contributed by atoms with Crippen molar-refractivity contribution in [1.82, 2.24) is 9.97 Å². The molecule has 0 aliphatic carbocycles. The van der Waals surface area contributed by atoms with Crippen molar-refractivity contribution in [2.75, 3.05) is 5.32 Å². The van der Waals surface area contributed by atoms with Crippen LogP contribution >= 0.6 is 0 Å². The molecule has 2 N–H and O–H groups in total. The van der Waals surface area contributed by atoms with E-state index in [-0.39, 0.29) is 16.8 Å². The summed E-state index contributed by atoms with van der Waals surface area (Å²) >= 11 is 0. The summed E-state index contributed by atoms with van der Waals surface area (Å²) in [6.07, 6.45) is 5.10. The minimum absolute atomic E-state index is 0.213. The van der Waals surface area contributed by atoms with Gasteiger partial charge in [-0.1, -0.05) is 12.1 Å². The van der Waals surface area contributed by atoms with Crippen molar-refractivity contribution in [2.24, 2.45) is 0 Å². The van der Waals surface area contributed by atoms with E-state index in [1.54, 1.807) is 24.3 Å². The fourth-order valence-electron chi connectivity index (χ4n) is 1.99. The van der Waals surface area contributed by atoms with Crippen molar-refractivity contribution in [3.63, 3.8) is 0 Å². The summed E-state index contributed by atoms with van der Waals surface area (Å²) in [5.74, 6) is -0.287. The van der Waals surface area contributed by atoms with Crippen LogP contribution < -0.4 is 16.4 Å². The average molecular weight is 309 g/mol. The number of aromatic amines is 1. The maximum Gasteiger partial charge on any atom is 0.346 e. The van der Waals surface area contributed by atoms with Crippen LogP contribution in [-0.4, -0.2) is 15.9 Å². The van der Waals surface area contributed by atoms with Crippen LogP contribution in [0, 0.1) is 0 Å². The van der Waals surface area contributed by atoms with Crippen LogP contribution in [0.15, 0.2) is 62.9 Å². The van der Waals surface area contributed by atoms with Crippen molar-refractivity contribution >= 4 is 28.8 Å². The summed E-state index contributed by atoms with van der Waals surface area (Å²) in [6, 6.07) is 8.29. The van der Waals surface area contributed by atoms with Crippen molar-refractivity contribution < 1.29 is 9.21 Å². The molecule has 3 aromatic rings. The Morgan fingerprint density at radius 1 is 1.22 bits per heavy atom. The molecule has 0 unspecified atom stereocenters. The molecule has 114 valence electrons. The Morgan fingerprint density at radius 3 is 2.87 bits per heavy atom. The van der Waals surface area contributed by atoms with Gasteiger partial charge in [-0.2, -0.15) is 0 Å². The second kappa shape index (κ2) is 6.10. The minimum atomic E-state index is -0.568. The van der Waals surface area contributed by atoms with E-state index in [4.69, 9.17) is 4.42 Å². The SMILES string of the molecule is O=C(/C=C/c1coc2ccccc2c1=O)Nc1ccnc(=O)[nH]1. The summed E-state index contributed by atoms with van der Waals surface area (Å²) in [5, 5.41) is 2.89. The van der Waals surface area contributed by atoms with E-state index in [1.807, 2.05) is 0 Å². The number of hydrogen-bond donors (Lipinski definition) is 2. The number of anilines is 1. The Bertz CT molecular complexity index is 1020. The van der Waals surface area contributed by atoms with E-state index in [0.717, 1.165) is 0 Å². The number of H-pyrrole nitrogens is 1. The summed E-state index contributed by atoms with van der Waals surface area (Å²) in [5.41, 5.74) is -0.0642. The van der Waals surface area contributed by atoms with Gasteiger partial charge >= 0.3 is 5.69 Å². The molecule has 23 heavy (non-hydrogen) atoms. The number of fused-ring (bicyclic) bond motifs is 1. The number of rotatable bonds is 3. The van der Waals surface area contributed by atoms with Gasteiger partial charge in [0.1, 0.15) is 17.7 Å². The lowest BCUT2D eigenvalue weighted by molar-refractivity contribution is -0.111. The molecule has 3 rings (SSSR count). The highest BCUT2D eigenvalue weighted by Crippen LogP contribution is 2.11. The number of para-hydroxylation sites is 1. The molecule has 7 heteroatoms. The van der Waals surface area contributed by atoms with Gasteiger partial charge in [0.25, 0.3) is 0 Å². The number of nitrogens with zero attached hydrogens (tertiary/aromatic N) is 1. The number of benzene rings is 1. The van der Waals surface area contributed by atoms with Crippen molar-refractivity contribution in [2.45, 2.75) is 0 Å². The van der Waals surface area contributed by atoms with Crippen LogP contribution in [0.25, 0.3) is 17.0 Å². The van der Waals surface area contributed by atoms with Gasteiger partial charge < -0.3 is 9.73 Å². The molecule has 0 radical (unpaired) electrons. The van der Waals surface area contributed by atoms with Crippen LogP contribution in [0.5, 0.6) is 0 Å². The van der Waals surface area contributed by atoms with Crippen molar-refractivity contribution in [3.8, 4) is 0 Å². The standard InChI is InChI=1S/C16H11N3O4/c20-14(18-13-7-8-17-16(22)19-13)6-5-10-9-23-12-4-2-1-3-11(12)15(10)21/h1-9H,(H2,17,18,19,20,22)/b6-5+. The molecule has 0 fully saturated rings. The highest BCUT2D eigenvalue weighted by Gasteiger charge is 2.04. The lowest BCUT2D eigenvalue weighted by atomic mass is 10.1. The molecule has 0 aliphatic rings. The molecule has 0 aliphatic heterocycles. The van der Waals surface area contributed by atoms with E-state index < -0.39 is 11.6 Å². The molecule has 2 heterocycles. The van der Waals surface area contributed by atoms with Crippen LogP contribution in [0.3, 0.4) is 0 Å². The number of aromatic nitrogens is 2. The van der Waals surface area contributed by atoms with Gasteiger partial charge in [-0.25, -0.2) is 9.78 Å². The molecule has 0 spiro atoms. The van der Waals surface area contributed by atoms with Crippen molar-refractivity contribution in [3.05, 3.63) is 75.1 Å². The maximum atomic E-state index is 12.2. The first-order chi connectivity index (χ1) is 11.1. The lowest BCUT2D eigenvalue weighted by Gasteiger charge is -2.00. The van der Waals surface area contributed by atoms with Crippen LogP contribution in [0.2, 0.25) is 0 Å². The predicted molar refractivity (Wildman–Crippen MR) is 85.0 cm³/mol. The number of hydrogen-bond acceptors (Lipinski definition) is 5. The molecule has 1 amide bonds. The molecule has 0 saturated carbocycles. The molecule has 7 nitrogen and oxygen atoms in total. The first kappa shape index (κ1) is 14.5. The molecule has 1 aromatic carbocycles. The maximum absolute atomic E-state index is 12.2. The Kier molecular flexibility index (Phi) is 3.84. The highest BCUT2D eigenvalue weighted by molar-refractivity contribution is 6.01. The first-order valence-electron chi connectivity index (χ1n) is 6.68. The van der Waals surface area contributed by atoms with Gasteiger partial charge in [0.15, 0.2) is 5.43 Å². The predicted octanol–water partition coefficient (Wildman–Crippen LogP) is 1.53. The van der Waals surface area contributed by atoms with Gasteiger partial charge in [-0.05, 0) is 24.3 Å². The van der Waals surface area contributed by atoms with Crippen LogP contribution in [0.1, 0.15) is 5.56 Å². The Morgan fingerprint density at radius 2 is 2.04 bits per heavy atom. The van der Waals surface area contributed by atoms with Gasteiger partial charge in [0, 0.05) is 12.3 Å². The van der Waals surface area contributed by atoms with Gasteiger partial charge in [0.2, 0.25) is 5.91 Å². The minimum Gasteiger partial charge on any atom is -0.463 e. The lowest BCUT2D eigenvalue weighted by Crippen LogP contribution is -2.16. The Balaban J connectivity index is 1.82. The number of carbonyl (C=O) groups is 1. The van der Waals surface area contributed by atoms with E-state index >= 15 is 0 Å². The second-order valence-corrected chi connectivity index (χ2v) is 4.63. The zero-order valence-corrected chi connectivity index (χ0v) is 11.8. The zero-order valence-electron chi connectivity index (χ0n) is 11.8. The van der Waals surface area contributed by atoms with E-state index in [1.165, 1.54) is 30.7 Å². The third kappa shape index (κ3) is 3.24. The summed E-state index contributed by atoms with van der Waals surface area (Å²) in [4.78, 5) is 40.9. The smallest absolute Gasteiger partial charge is 0.346 e. The molecule has 0 saturated heterocycles. The molecule has 0 bridgehead atoms. The van der Waals surface area contributed by atoms with E-state index in [9.17, 15) is 14.4 Å². The topological polar surface area (TPSA) is 105 Å². The molecule has 2 aromatic heterocycles. The molecule has 0 atom stereocenters. The first-order valence-corrected chi connectivity index (χ1v) is 6.68. The largest absolute Gasteiger partial charge is 0.463 e. The van der Waals surface area contributed by atoms with Gasteiger partial charge in [-0.3, -0.25) is 14.6 Å². The molecular formula is C16H11N3O4. The number of amides is 1. The highest BCUT2D eigenvalue weighted by atomic mass is 16.3. The van der Waals surface area contributed by atoms with Crippen molar-refractivity contribution in [1.29, 1.82) is 0 Å². The fourth-order valence-corrected chi connectivity index (χ4v) is 1.99. The van der Waals surface area contributed by atoms with Gasteiger partial charge in [0.05, 0.1) is 10.9 Å². The number of nitrogens with one attached hydrogen (secondary N) is 2. The van der Waals surface area contributed by atoms with Crippen LogP contribution in [0.4, 0.5) is 5.82 Å². The quantitative estimate of drug-likeness (QED) is 0.714. The Labute approximate surface area is 129 Å². The second-order valence-electron chi connectivity index (χ2n) is 4.63. The number of carbonyl (C=O) groups excluding carboxylic acids is 1. The molecular weight excluding hydrogens is 298 g/mol. The summed E-state index contributed by atoms with van der Waals surface area (Å²) in [7, 11) is 0. The third-order valence-corrected chi connectivity index (χ3v) is 3.05. The monoisotopic (exact) mass is 309 g/mol. The fraction of sp³-hybridized carbons (Fsp3) is 0. The average Bonchev–Trinajstić information content (AvgIpc) is 2.54. The van der Waals surface area contributed by atoms with Crippen LogP contribution in [-0.2, 0) is 4.79 Å². The normalized spacial score (nSPS) is 11.0. The third-order valence-electron chi connectivity index (χ3n) is 3.05.